The van der Waals surface area contributed by atoms with Gasteiger partial charge in [-0.1, -0.05) is 18.6 Å². The van der Waals surface area contributed by atoms with Gasteiger partial charge >= 0.3 is 0 Å². The normalized spacial score (nSPS) is 23.1. The summed E-state index contributed by atoms with van der Waals surface area (Å²) in [6.45, 7) is 1.93. The first-order valence-corrected chi connectivity index (χ1v) is 7.41. The molecule has 1 heterocycles. The minimum atomic E-state index is 0.415. The summed E-state index contributed by atoms with van der Waals surface area (Å²) in [4.78, 5) is 0. The number of piperidine rings is 1. The third-order valence-corrected chi connectivity index (χ3v) is 4.08. The Hall–Kier alpha value is -1.22. The van der Waals surface area contributed by atoms with Gasteiger partial charge in [0.1, 0.15) is 0 Å². The average molecular weight is 261 g/mol. The highest BCUT2D eigenvalue weighted by molar-refractivity contribution is 5.48. The van der Waals surface area contributed by atoms with Crippen LogP contribution in [-0.4, -0.2) is 20.3 Å². The van der Waals surface area contributed by atoms with Crippen LogP contribution >= 0.6 is 0 Å². The minimum Gasteiger partial charge on any atom is -0.493 e. The Morgan fingerprint density at radius 3 is 2.79 bits per heavy atom. The van der Waals surface area contributed by atoms with Crippen LogP contribution in [0.3, 0.4) is 0 Å². The van der Waals surface area contributed by atoms with Crippen molar-refractivity contribution in [3.8, 4) is 11.5 Å². The van der Waals surface area contributed by atoms with Crippen molar-refractivity contribution in [3.63, 3.8) is 0 Å². The molecular formula is C16H23NO2. The molecule has 0 radical (unpaired) electrons. The third kappa shape index (κ3) is 3.03. The lowest BCUT2D eigenvalue weighted by molar-refractivity contribution is 0.271. The molecular weight excluding hydrogens is 238 g/mol. The van der Waals surface area contributed by atoms with Crippen LogP contribution in [0.5, 0.6) is 11.5 Å². The van der Waals surface area contributed by atoms with Crippen molar-refractivity contribution in [2.45, 2.75) is 38.1 Å². The van der Waals surface area contributed by atoms with Gasteiger partial charge < -0.3 is 14.8 Å². The van der Waals surface area contributed by atoms with Gasteiger partial charge in [-0.05, 0) is 44.2 Å². The number of rotatable bonds is 5. The molecule has 1 aromatic carbocycles. The lowest BCUT2D eigenvalue weighted by Gasteiger charge is -2.26. The molecule has 1 aliphatic carbocycles. The summed E-state index contributed by atoms with van der Waals surface area (Å²) in [5.74, 6) is 2.58. The molecule has 19 heavy (non-hydrogen) atoms. The molecule has 1 N–H and O–H groups in total. The van der Waals surface area contributed by atoms with E-state index in [1.54, 1.807) is 7.11 Å². The van der Waals surface area contributed by atoms with E-state index < -0.39 is 0 Å². The van der Waals surface area contributed by atoms with Crippen molar-refractivity contribution in [1.82, 2.24) is 5.32 Å². The van der Waals surface area contributed by atoms with Crippen molar-refractivity contribution < 1.29 is 9.47 Å². The highest BCUT2D eigenvalue weighted by atomic mass is 16.5. The number of nitrogens with one attached hydrogen (secondary N) is 1. The highest BCUT2D eigenvalue weighted by Gasteiger charge is 2.25. The molecule has 1 saturated heterocycles. The number of ether oxygens (including phenoxy) is 2. The van der Waals surface area contributed by atoms with Crippen molar-refractivity contribution in [2.24, 2.45) is 5.92 Å². The second-order valence-corrected chi connectivity index (χ2v) is 5.64. The summed E-state index contributed by atoms with van der Waals surface area (Å²) < 4.78 is 11.5. The van der Waals surface area contributed by atoms with Crippen LogP contribution in [0.25, 0.3) is 0 Å². The molecule has 1 unspecified atom stereocenters. The Kier molecular flexibility index (Phi) is 3.92. The number of para-hydroxylation sites is 1. The average Bonchev–Trinajstić information content (AvgIpc) is 3.30. The Labute approximate surface area is 115 Å². The van der Waals surface area contributed by atoms with Crippen LogP contribution in [0.1, 0.15) is 43.7 Å². The van der Waals surface area contributed by atoms with Crippen molar-refractivity contribution in [3.05, 3.63) is 23.8 Å². The Morgan fingerprint density at radius 2 is 2.11 bits per heavy atom. The van der Waals surface area contributed by atoms with Gasteiger partial charge in [-0.3, -0.25) is 0 Å². The Bertz CT molecular complexity index is 423. The first-order chi connectivity index (χ1) is 9.38. The predicted molar refractivity (Wildman–Crippen MR) is 75.8 cm³/mol. The zero-order valence-corrected chi connectivity index (χ0v) is 11.7. The van der Waals surface area contributed by atoms with E-state index in [1.165, 1.54) is 37.7 Å². The van der Waals surface area contributed by atoms with Crippen molar-refractivity contribution >= 4 is 0 Å². The minimum absolute atomic E-state index is 0.415. The molecule has 0 amide bonds. The van der Waals surface area contributed by atoms with Crippen molar-refractivity contribution in [2.75, 3.05) is 20.3 Å². The number of hydrogen-bond acceptors (Lipinski definition) is 3. The van der Waals surface area contributed by atoms with E-state index in [-0.39, 0.29) is 0 Å². The quantitative estimate of drug-likeness (QED) is 0.882. The molecule has 3 nitrogen and oxygen atoms in total. The second kappa shape index (κ2) is 5.83. The Balaban J connectivity index is 1.82. The fraction of sp³-hybridized carbons (Fsp3) is 0.625. The first-order valence-electron chi connectivity index (χ1n) is 7.41. The smallest absolute Gasteiger partial charge is 0.165 e. The van der Waals surface area contributed by atoms with Gasteiger partial charge in [-0.15, -0.1) is 0 Å². The summed E-state index contributed by atoms with van der Waals surface area (Å²) in [6.07, 6.45) is 6.38. The van der Waals surface area contributed by atoms with E-state index in [0.717, 1.165) is 30.6 Å². The maximum Gasteiger partial charge on any atom is 0.165 e. The zero-order valence-electron chi connectivity index (χ0n) is 11.7. The zero-order chi connectivity index (χ0) is 13.1. The van der Waals surface area contributed by atoms with Gasteiger partial charge in [0.2, 0.25) is 0 Å². The van der Waals surface area contributed by atoms with E-state index in [9.17, 15) is 0 Å². The SMILES string of the molecule is COc1cccc(C2CCCCN2)c1OCC1CC1. The van der Waals surface area contributed by atoms with Crippen LogP contribution in [0, 0.1) is 5.92 Å². The number of hydrogen-bond donors (Lipinski definition) is 1. The van der Waals surface area contributed by atoms with Gasteiger partial charge in [0.05, 0.1) is 13.7 Å². The summed E-state index contributed by atoms with van der Waals surface area (Å²) in [5.41, 5.74) is 1.26. The van der Waals surface area contributed by atoms with Gasteiger partial charge in [0, 0.05) is 11.6 Å². The van der Waals surface area contributed by atoms with Gasteiger partial charge in [-0.2, -0.15) is 0 Å². The fourth-order valence-electron chi connectivity index (χ4n) is 2.73. The predicted octanol–water partition coefficient (Wildman–Crippen LogP) is 3.30. The van der Waals surface area contributed by atoms with E-state index >= 15 is 0 Å². The molecule has 3 rings (SSSR count). The third-order valence-electron chi connectivity index (χ3n) is 4.08. The Morgan fingerprint density at radius 1 is 1.21 bits per heavy atom. The molecule has 1 atom stereocenters. The topological polar surface area (TPSA) is 30.5 Å². The molecule has 2 fully saturated rings. The molecule has 0 bridgehead atoms. The summed E-state index contributed by atoms with van der Waals surface area (Å²) in [7, 11) is 1.72. The molecule has 1 aromatic rings. The van der Waals surface area contributed by atoms with Crippen molar-refractivity contribution in [1.29, 1.82) is 0 Å². The fourth-order valence-corrected chi connectivity index (χ4v) is 2.73. The largest absolute Gasteiger partial charge is 0.493 e. The van der Waals surface area contributed by atoms with Gasteiger partial charge in [0.15, 0.2) is 11.5 Å². The molecule has 1 saturated carbocycles. The van der Waals surface area contributed by atoms with E-state index in [4.69, 9.17) is 9.47 Å². The maximum absolute atomic E-state index is 6.07. The molecule has 0 spiro atoms. The number of methoxy groups -OCH3 is 1. The lowest BCUT2D eigenvalue weighted by Crippen LogP contribution is -2.27. The molecule has 2 aliphatic rings. The van der Waals surface area contributed by atoms with E-state index in [2.05, 4.69) is 17.4 Å². The van der Waals surface area contributed by atoms with Crippen LogP contribution in [0.15, 0.2) is 18.2 Å². The summed E-state index contributed by atoms with van der Waals surface area (Å²) in [5, 5.41) is 3.59. The highest BCUT2D eigenvalue weighted by Crippen LogP contribution is 2.39. The van der Waals surface area contributed by atoms with Crippen LogP contribution in [-0.2, 0) is 0 Å². The maximum atomic E-state index is 6.07. The van der Waals surface area contributed by atoms with Crippen LogP contribution < -0.4 is 14.8 Å². The van der Waals surface area contributed by atoms with Crippen LogP contribution in [0.2, 0.25) is 0 Å². The summed E-state index contributed by atoms with van der Waals surface area (Å²) >= 11 is 0. The molecule has 0 aromatic heterocycles. The summed E-state index contributed by atoms with van der Waals surface area (Å²) in [6, 6.07) is 6.65. The molecule has 1 aliphatic heterocycles. The van der Waals surface area contributed by atoms with E-state index in [0.29, 0.717) is 6.04 Å². The van der Waals surface area contributed by atoms with Gasteiger partial charge in [0.25, 0.3) is 0 Å². The monoisotopic (exact) mass is 261 g/mol. The number of benzene rings is 1. The molecule has 3 heteroatoms. The lowest BCUT2D eigenvalue weighted by atomic mass is 9.96. The van der Waals surface area contributed by atoms with Gasteiger partial charge in [-0.25, -0.2) is 0 Å². The van der Waals surface area contributed by atoms with Crippen LogP contribution in [0.4, 0.5) is 0 Å². The second-order valence-electron chi connectivity index (χ2n) is 5.64. The standard InChI is InChI=1S/C16H23NO2/c1-18-15-7-4-5-13(14-6-2-3-10-17-14)16(15)19-11-12-8-9-12/h4-5,7,12,14,17H,2-3,6,8-11H2,1H3. The molecule has 104 valence electrons. The first kappa shape index (κ1) is 12.8. The van der Waals surface area contributed by atoms with E-state index in [1.807, 2.05) is 6.07 Å².